The molecule has 1 saturated heterocycles. The Bertz CT molecular complexity index is 577. The number of hydrogen-bond donors (Lipinski definition) is 3. The summed E-state index contributed by atoms with van der Waals surface area (Å²) in [6.07, 6.45) is 10.0. The van der Waals surface area contributed by atoms with Crippen LogP contribution in [-0.4, -0.2) is 60.6 Å². The Hall–Kier alpha value is -1.56. The van der Waals surface area contributed by atoms with E-state index < -0.39 is 0 Å². The summed E-state index contributed by atoms with van der Waals surface area (Å²) in [6.45, 7) is 5.02. The van der Waals surface area contributed by atoms with E-state index in [1.54, 1.807) is 7.11 Å². The first-order valence-corrected chi connectivity index (χ1v) is 10.3. The first kappa shape index (κ1) is 21.7. The number of anilines is 1. The van der Waals surface area contributed by atoms with Gasteiger partial charge in [0.15, 0.2) is 0 Å². The second kappa shape index (κ2) is 12.0. The molecule has 0 unspecified atom stereocenters. The summed E-state index contributed by atoms with van der Waals surface area (Å²) in [5.41, 5.74) is 2.19. The van der Waals surface area contributed by atoms with Gasteiger partial charge in [-0.25, -0.2) is 0 Å². The Kier molecular flexibility index (Phi) is 9.67. The predicted octanol–water partition coefficient (Wildman–Crippen LogP) is 3.52. The van der Waals surface area contributed by atoms with E-state index in [1.165, 1.54) is 12.8 Å². The number of rotatable bonds is 11. The molecule has 0 bridgehead atoms. The summed E-state index contributed by atoms with van der Waals surface area (Å²) in [6, 6.07) is 6.36. The fourth-order valence-corrected chi connectivity index (χ4v) is 3.73. The van der Waals surface area contributed by atoms with Crippen LogP contribution in [0.4, 0.5) is 5.69 Å². The lowest BCUT2D eigenvalue weighted by Crippen LogP contribution is -2.46. The van der Waals surface area contributed by atoms with Gasteiger partial charge in [0, 0.05) is 19.1 Å². The van der Waals surface area contributed by atoms with E-state index in [9.17, 15) is 10.2 Å². The molecule has 0 saturated carbocycles. The molecular weight excluding hydrogens is 340 g/mol. The fourth-order valence-electron chi connectivity index (χ4n) is 3.73. The van der Waals surface area contributed by atoms with Crippen LogP contribution >= 0.6 is 0 Å². The molecule has 0 radical (unpaired) electrons. The predicted molar refractivity (Wildman–Crippen MR) is 112 cm³/mol. The zero-order valence-corrected chi connectivity index (χ0v) is 16.9. The van der Waals surface area contributed by atoms with Crippen LogP contribution in [0, 0.1) is 0 Å². The highest BCUT2D eigenvalue weighted by Crippen LogP contribution is 2.26. The van der Waals surface area contributed by atoms with Gasteiger partial charge >= 0.3 is 0 Å². The van der Waals surface area contributed by atoms with Crippen molar-refractivity contribution in [1.29, 1.82) is 0 Å². The number of likely N-dealkylation sites (tertiary alicyclic amines) is 1. The summed E-state index contributed by atoms with van der Waals surface area (Å²) in [7, 11) is 1.71. The lowest BCUT2D eigenvalue weighted by atomic mass is 9.99. The SMILES string of the molecule is C/C=C/c1ccc(NCCCCCCN2CC[C@@H](O)C[C@H]2CO)c(OC)c1. The lowest BCUT2D eigenvalue weighted by Gasteiger charge is -2.36. The van der Waals surface area contributed by atoms with Gasteiger partial charge in [0.05, 0.1) is 25.5 Å². The number of aliphatic hydroxyl groups is 2. The van der Waals surface area contributed by atoms with Gasteiger partial charge in [-0.2, -0.15) is 0 Å². The number of nitrogens with one attached hydrogen (secondary N) is 1. The van der Waals surface area contributed by atoms with Crippen molar-refractivity contribution in [3.8, 4) is 5.75 Å². The minimum absolute atomic E-state index is 0.133. The molecule has 1 fully saturated rings. The van der Waals surface area contributed by atoms with Crippen molar-refractivity contribution >= 4 is 11.8 Å². The molecule has 0 amide bonds. The molecule has 0 spiro atoms. The van der Waals surface area contributed by atoms with Crippen molar-refractivity contribution in [2.75, 3.05) is 38.7 Å². The highest BCUT2D eigenvalue weighted by molar-refractivity contribution is 5.63. The number of unbranched alkanes of at least 4 members (excludes halogenated alkanes) is 3. The van der Waals surface area contributed by atoms with Crippen LogP contribution in [0.2, 0.25) is 0 Å². The van der Waals surface area contributed by atoms with E-state index in [0.29, 0.717) is 6.42 Å². The average Bonchev–Trinajstić information content (AvgIpc) is 2.69. The normalized spacial score (nSPS) is 20.9. The van der Waals surface area contributed by atoms with E-state index in [-0.39, 0.29) is 18.8 Å². The van der Waals surface area contributed by atoms with Gasteiger partial charge in [0.25, 0.3) is 0 Å². The molecule has 0 aromatic heterocycles. The zero-order chi connectivity index (χ0) is 19.5. The van der Waals surface area contributed by atoms with Crippen molar-refractivity contribution < 1.29 is 14.9 Å². The Balaban J connectivity index is 1.62. The molecule has 1 aliphatic heterocycles. The Morgan fingerprint density at radius 2 is 2.07 bits per heavy atom. The zero-order valence-electron chi connectivity index (χ0n) is 16.9. The summed E-state index contributed by atoms with van der Waals surface area (Å²) >= 11 is 0. The van der Waals surface area contributed by atoms with Crippen molar-refractivity contribution in [3.63, 3.8) is 0 Å². The molecule has 3 N–H and O–H groups in total. The summed E-state index contributed by atoms with van der Waals surface area (Å²) in [5, 5.41) is 22.7. The Labute approximate surface area is 164 Å². The third kappa shape index (κ3) is 7.17. The van der Waals surface area contributed by atoms with Gasteiger partial charge in [-0.3, -0.25) is 4.90 Å². The minimum Gasteiger partial charge on any atom is -0.495 e. The molecule has 27 heavy (non-hydrogen) atoms. The van der Waals surface area contributed by atoms with Gasteiger partial charge in [-0.15, -0.1) is 0 Å². The molecule has 5 nitrogen and oxygen atoms in total. The monoisotopic (exact) mass is 376 g/mol. The molecule has 1 aromatic carbocycles. The first-order valence-electron chi connectivity index (χ1n) is 10.3. The van der Waals surface area contributed by atoms with E-state index in [4.69, 9.17) is 4.74 Å². The van der Waals surface area contributed by atoms with Crippen molar-refractivity contribution in [2.45, 2.75) is 57.6 Å². The smallest absolute Gasteiger partial charge is 0.142 e. The van der Waals surface area contributed by atoms with E-state index >= 15 is 0 Å². The van der Waals surface area contributed by atoms with Crippen molar-refractivity contribution in [2.24, 2.45) is 0 Å². The summed E-state index contributed by atoms with van der Waals surface area (Å²) in [4.78, 5) is 2.34. The highest BCUT2D eigenvalue weighted by Gasteiger charge is 2.26. The molecular formula is C22H36N2O3. The summed E-state index contributed by atoms with van der Waals surface area (Å²) < 4.78 is 5.48. The largest absolute Gasteiger partial charge is 0.495 e. The second-order valence-corrected chi connectivity index (χ2v) is 7.35. The highest BCUT2D eigenvalue weighted by atomic mass is 16.5. The Morgan fingerprint density at radius 1 is 1.26 bits per heavy atom. The maximum absolute atomic E-state index is 9.71. The van der Waals surface area contributed by atoms with Crippen molar-refractivity contribution in [1.82, 2.24) is 4.90 Å². The van der Waals surface area contributed by atoms with Crippen LogP contribution in [0.25, 0.3) is 6.08 Å². The number of ether oxygens (including phenoxy) is 1. The van der Waals surface area contributed by atoms with Gasteiger partial charge in [0.2, 0.25) is 0 Å². The number of aliphatic hydroxyl groups excluding tert-OH is 2. The minimum atomic E-state index is -0.242. The molecule has 0 aliphatic carbocycles. The number of benzene rings is 1. The van der Waals surface area contributed by atoms with Crippen LogP contribution in [-0.2, 0) is 0 Å². The third-order valence-corrected chi connectivity index (χ3v) is 5.29. The van der Waals surface area contributed by atoms with Crippen LogP contribution < -0.4 is 10.1 Å². The van der Waals surface area contributed by atoms with Gasteiger partial charge in [0.1, 0.15) is 5.75 Å². The molecule has 1 aliphatic rings. The summed E-state index contributed by atoms with van der Waals surface area (Å²) in [5.74, 6) is 0.882. The Morgan fingerprint density at radius 3 is 2.81 bits per heavy atom. The molecule has 152 valence electrons. The number of hydrogen-bond acceptors (Lipinski definition) is 5. The molecule has 5 heteroatoms. The fraction of sp³-hybridized carbons (Fsp3) is 0.636. The maximum Gasteiger partial charge on any atom is 0.142 e. The number of nitrogens with zero attached hydrogens (tertiary/aromatic N) is 1. The quantitative estimate of drug-likeness (QED) is 0.516. The van der Waals surface area contributed by atoms with Gasteiger partial charge < -0.3 is 20.3 Å². The number of allylic oxidation sites excluding steroid dienone is 1. The topological polar surface area (TPSA) is 65.0 Å². The van der Waals surface area contributed by atoms with Crippen LogP contribution in [0.5, 0.6) is 5.75 Å². The number of piperidine rings is 1. The van der Waals surface area contributed by atoms with Crippen LogP contribution in [0.1, 0.15) is 51.0 Å². The van der Waals surface area contributed by atoms with Crippen LogP contribution in [0.3, 0.4) is 0 Å². The molecule has 1 aromatic rings. The third-order valence-electron chi connectivity index (χ3n) is 5.29. The first-order chi connectivity index (χ1) is 13.2. The van der Waals surface area contributed by atoms with Crippen LogP contribution in [0.15, 0.2) is 24.3 Å². The lowest BCUT2D eigenvalue weighted by molar-refractivity contribution is 0.0163. The van der Waals surface area contributed by atoms with E-state index in [0.717, 1.165) is 55.9 Å². The number of methoxy groups -OCH3 is 1. The van der Waals surface area contributed by atoms with Gasteiger partial charge in [-0.1, -0.05) is 31.1 Å². The van der Waals surface area contributed by atoms with Gasteiger partial charge in [-0.05, 0) is 56.8 Å². The second-order valence-electron chi connectivity index (χ2n) is 7.35. The molecule has 2 atom stereocenters. The van der Waals surface area contributed by atoms with E-state index in [2.05, 4.69) is 34.5 Å². The van der Waals surface area contributed by atoms with E-state index in [1.807, 2.05) is 13.0 Å². The maximum atomic E-state index is 9.71. The molecule has 2 rings (SSSR count). The van der Waals surface area contributed by atoms with Crippen molar-refractivity contribution in [3.05, 3.63) is 29.8 Å². The average molecular weight is 377 g/mol. The molecule has 1 heterocycles. The standard InChI is InChI=1S/C22H36N2O3/c1-3-8-18-9-10-21(22(15-18)27-2)23-12-6-4-5-7-13-24-14-11-20(26)16-19(24)17-25/h3,8-10,15,19-20,23,25-26H,4-7,11-14,16-17H2,1-2H3/b8-3+/t19-,20+/m0/s1.